The van der Waals surface area contributed by atoms with Gasteiger partial charge in [0.25, 0.3) is 0 Å². The second kappa shape index (κ2) is 7.06. The van der Waals surface area contributed by atoms with Gasteiger partial charge in [-0.05, 0) is 6.92 Å². The van der Waals surface area contributed by atoms with E-state index in [1.165, 1.54) is 0 Å². The molecule has 0 radical (unpaired) electrons. The molecule has 0 saturated heterocycles. The van der Waals surface area contributed by atoms with E-state index in [2.05, 4.69) is 15.3 Å². The van der Waals surface area contributed by atoms with Gasteiger partial charge in [0, 0.05) is 31.6 Å². The zero-order valence-electron chi connectivity index (χ0n) is 10.7. The molecular formula is C12H21N3O2. The van der Waals surface area contributed by atoms with Gasteiger partial charge in [0.05, 0.1) is 6.61 Å². The van der Waals surface area contributed by atoms with Gasteiger partial charge < -0.3 is 15.2 Å². The molecule has 96 valence electrons. The fourth-order valence-corrected chi connectivity index (χ4v) is 1.29. The van der Waals surface area contributed by atoms with Gasteiger partial charge in [0.2, 0.25) is 5.88 Å². The number of anilines is 1. The molecule has 0 bridgehead atoms. The van der Waals surface area contributed by atoms with Crippen molar-refractivity contribution in [2.24, 2.45) is 0 Å². The first-order chi connectivity index (χ1) is 8.17. The minimum Gasteiger partial charge on any atom is -0.477 e. The molecule has 1 aromatic heterocycles. The lowest BCUT2D eigenvalue weighted by molar-refractivity contribution is 0.228. The maximum Gasteiger partial charge on any atom is 0.218 e. The number of nitrogens with zero attached hydrogens (tertiary/aromatic N) is 2. The Labute approximate surface area is 102 Å². The summed E-state index contributed by atoms with van der Waals surface area (Å²) in [4.78, 5) is 8.73. The van der Waals surface area contributed by atoms with Crippen LogP contribution in [0.4, 0.5) is 5.82 Å². The number of aliphatic hydroxyl groups is 1. The Hall–Kier alpha value is -1.36. The van der Waals surface area contributed by atoms with Crippen LogP contribution in [0, 0.1) is 0 Å². The number of ether oxygens (including phenoxy) is 1. The zero-order chi connectivity index (χ0) is 12.7. The maximum atomic E-state index is 8.70. The van der Waals surface area contributed by atoms with Crippen molar-refractivity contribution in [3.63, 3.8) is 0 Å². The van der Waals surface area contributed by atoms with E-state index in [4.69, 9.17) is 9.84 Å². The molecule has 0 atom stereocenters. The third-order valence-electron chi connectivity index (χ3n) is 2.15. The van der Waals surface area contributed by atoms with Gasteiger partial charge in [-0.2, -0.15) is 4.98 Å². The summed E-state index contributed by atoms with van der Waals surface area (Å²) in [7, 11) is 0. The van der Waals surface area contributed by atoms with Crippen molar-refractivity contribution in [2.75, 3.05) is 25.1 Å². The molecule has 5 nitrogen and oxygen atoms in total. The molecule has 1 heterocycles. The van der Waals surface area contributed by atoms with Crippen molar-refractivity contribution < 1.29 is 9.84 Å². The Morgan fingerprint density at radius 1 is 1.41 bits per heavy atom. The fraction of sp³-hybridized carbons (Fsp3) is 0.667. The average Bonchev–Trinajstić information content (AvgIpc) is 2.29. The predicted molar refractivity (Wildman–Crippen MR) is 67.5 cm³/mol. The van der Waals surface area contributed by atoms with Crippen LogP contribution in [0.1, 0.15) is 38.9 Å². The monoisotopic (exact) mass is 239 g/mol. The predicted octanol–water partition coefficient (Wildman–Crippen LogP) is 1.79. The number of aromatic nitrogens is 2. The molecule has 1 rings (SSSR count). The molecule has 0 unspecified atom stereocenters. The highest BCUT2D eigenvalue weighted by Crippen LogP contribution is 2.18. The number of nitrogens with one attached hydrogen (secondary N) is 1. The van der Waals surface area contributed by atoms with E-state index < -0.39 is 0 Å². The van der Waals surface area contributed by atoms with Gasteiger partial charge in [-0.1, -0.05) is 13.8 Å². The first kappa shape index (κ1) is 13.7. The lowest BCUT2D eigenvalue weighted by atomic mass is 10.2. The lowest BCUT2D eigenvalue weighted by Gasteiger charge is -2.11. The molecule has 0 fully saturated rings. The van der Waals surface area contributed by atoms with E-state index in [0.717, 1.165) is 18.2 Å². The Morgan fingerprint density at radius 2 is 2.18 bits per heavy atom. The quantitative estimate of drug-likeness (QED) is 0.710. The molecule has 0 amide bonds. The van der Waals surface area contributed by atoms with Gasteiger partial charge in [-0.25, -0.2) is 4.98 Å². The highest BCUT2D eigenvalue weighted by Gasteiger charge is 2.08. The second-order valence-corrected chi connectivity index (χ2v) is 4.06. The molecule has 2 N–H and O–H groups in total. The normalized spacial score (nSPS) is 10.6. The first-order valence-corrected chi connectivity index (χ1v) is 6.03. The van der Waals surface area contributed by atoms with Crippen LogP contribution < -0.4 is 10.1 Å². The van der Waals surface area contributed by atoms with Crippen molar-refractivity contribution in [3.8, 4) is 5.88 Å². The molecule has 0 aliphatic heterocycles. The largest absolute Gasteiger partial charge is 0.477 e. The van der Waals surface area contributed by atoms with Crippen LogP contribution >= 0.6 is 0 Å². The SMILES string of the molecule is CCNc1cc(OCCCO)nc(C(C)C)n1. The number of hydrogen-bond acceptors (Lipinski definition) is 5. The second-order valence-electron chi connectivity index (χ2n) is 4.06. The van der Waals surface area contributed by atoms with Crippen LogP contribution in [0.2, 0.25) is 0 Å². The molecule has 0 aliphatic rings. The summed E-state index contributed by atoms with van der Waals surface area (Å²) in [5.41, 5.74) is 0. The number of hydrogen-bond donors (Lipinski definition) is 2. The Balaban J connectivity index is 2.79. The third kappa shape index (κ3) is 4.56. The van der Waals surface area contributed by atoms with Crippen LogP contribution in [0.15, 0.2) is 6.07 Å². The molecule has 0 saturated carbocycles. The summed E-state index contributed by atoms with van der Waals surface area (Å²) in [6, 6.07) is 1.78. The topological polar surface area (TPSA) is 67.3 Å². The van der Waals surface area contributed by atoms with Crippen LogP contribution in [0.3, 0.4) is 0 Å². The Kier molecular flexibility index (Phi) is 5.69. The summed E-state index contributed by atoms with van der Waals surface area (Å²) < 4.78 is 5.47. The molecule has 5 heteroatoms. The van der Waals surface area contributed by atoms with E-state index in [1.807, 2.05) is 20.8 Å². The standard InChI is InChI=1S/C12H21N3O2/c1-4-13-10-8-11(17-7-5-6-16)15-12(14-10)9(2)3/h8-9,16H,4-7H2,1-3H3,(H,13,14,15). The summed E-state index contributed by atoms with van der Waals surface area (Å²) in [5, 5.41) is 11.9. The smallest absolute Gasteiger partial charge is 0.218 e. The van der Waals surface area contributed by atoms with Gasteiger partial charge in [0.15, 0.2) is 0 Å². The van der Waals surface area contributed by atoms with Crippen molar-refractivity contribution >= 4 is 5.82 Å². The number of aliphatic hydroxyl groups excluding tert-OH is 1. The highest BCUT2D eigenvalue weighted by molar-refractivity contribution is 5.38. The minimum absolute atomic E-state index is 0.127. The Morgan fingerprint density at radius 3 is 2.76 bits per heavy atom. The molecular weight excluding hydrogens is 218 g/mol. The van der Waals surface area contributed by atoms with Crippen LogP contribution in [-0.2, 0) is 0 Å². The Bertz CT molecular complexity index is 343. The van der Waals surface area contributed by atoms with Crippen LogP contribution in [0.25, 0.3) is 0 Å². The number of rotatable bonds is 7. The lowest BCUT2D eigenvalue weighted by Crippen LogP contribution is -2.08. The molecule has 0 aliphatic carbocycles. The minimum atomic E-state index is 0.127. The van der Waals surface area contributed by atoms with E-state index in [9.17, 15) is 0 Å². The first-order valence-electron chi connectivity index (χ1n) is 6.03. The van der Waals surface area contributed by atoms with Gasteiger partial charge in [-0.15, -0.1) is 0 Å². The average molecular weight is 239 g/mol. The molecule has 1 aromatic rings. The fourth-order valence-electron chi connectivity index (χ4n) is 1.29. The third-order valence-corrected chi connectivity index (χ3v) is 2.15. The summed E-state index contributed by atoms with van der Waals surface area (Å²) in [6.45, 7) is 7.51. The van der Waals surface area contributed by atoms with E-state index in [1.54, 1.807) is 6.07 Å². The van der Waals surface area contributed by atoms with Crippen molar-refractivity contribution in [3.05, 3.63) is 11.9 Å². The van der Waals surface area contributed by atoms with Gasteiger partial charge >= 0.3 is 0 Å². The molecule has 0 aromatic carbocycles. The summed E-state index contributed by atoms with van der Waals surface area (Å²) in [5.74, 6) is 2.37. The van der Waals surface area contributed by atoms with E-state index >= 15 is 0 Å². The summed E-state index contributed by atoms with van der Waals surface area (Å²) >= 11 is 0. The molecule has 17 heavy (non-hydrogen) atoms. The van der Waals surface area contributed by atoms with Gasteiger partial charge in [0.1, 0.15) is 11.6 Å². The summed E-state index contributed by atoms with van der Waals surface area (Å²) in [6.07, 6.45) is 0.609. The van der Waals surface area contributed by atoms with E-state index in [-0.39, 0.29) is 12.5 Å². The van der Waals surface area contributed by atoms with Crippen LogP contribution in [0.5, 0.6) is 5.88 Å². The van der Waals surface area contributed by atoms with E-state index in [0.29, 0.717) is 18.9 Å². The maximum absolute atomic E-state index is 8.70. The van der Waals surface area contributed by atoms with Crippen molar-refractivity contribution in [2.45, 2.75) is 33.1 Å². The zero-order valence-corrected chi connectivity index (χ0v) is 10.7. The molecule has 0 spiro atoms. The highest BCUT2D eigenvalue weighted by atomic mass is 16.5. The van der Waals surface area contributed by atoms with Gasteiger partial charge in [-0.3, -0.25) is 0 Å². The van der Waals surface area contributed by atoms with Crippen molar-refractivity contribution in [1.82, 2.24) is 9.97 Å². The van der Waals surface area contributed by atoms with Crippen LogP contribution in [-0.4, -0.2) is 34.8 Å². The van der Waals surface area contributed by atoms with Crippen molar-refractivity contribution in [1.29, 1.82) is 0 Å².